The lowest BCUT2D eigenvalue weighted by Gasteiger charge is -2.20. The minimum Gasteiger partial charge on any atom is -0.494 e. The zero-order valence-electron chi connectivity index (χ0n) is 20.1. The van der Waals surface area contributed by atoms with Gasteiger partial charge < -0.3 is 9.47 Å². The predicted octanol–water partition coefficient (Wildman–Crippen LogP) is 5.35. The fourth-order valence-corrected chi connectivity index (χ4v) is 4.34. The smallest absolute Gasteiger partial charge is 0.239 e. The number of hydrogen-bond acceptors (Lipinski definition) is 9. The number of halogens is 1. The van der Waals surface area contributed by atoms with Gasteiger partial charge in [0.1, 0.15) is 23.0 Å². The molecule has 0 saturated carbocycles. The Kier molecular flexibility index (Phi) is 7.72. The summed E-state index contributed by atoms with van der Waals surface area (Å²) in [5.41, 5.74) is 2.52. The van der Waals surface area contributed by atoms with E-state index in [-0.39, 0.29) is 11.2 Å². The van der Waals surface area contributed by atoms with Crippen LogP contribution in [0.1, 0.15) is 31.2 Å². The van der Waals surface area contributed by atoms with E-state index in [1.54, 1.807) is 39.0 Å². The zero-order chi connectivity index (χ0) is 24.9. The van der Waals surface area contributed by atoms with E-state index in [4.69, 9.17) is 21.1 Å². The molecule has 3 heterocycles. The number of benzene rings is 1. The van der Waals surface area contributed by atoms with Gasteiger partial charge in [0.05, 0.1) is 19.2 Å². The fraction of sp³-hybridized carbons (Fsp3) is 0.292. The molecule has 9 nitrogen and oxygen atoms in total. The number of methoxy groups -OCH3 is 2. The summed E-state index contributed by atoms with van der Waals surface area (Å²) in [6.45, 7) is 6.15. The minimum absolute atomic E-state index is 0.0578. The van der Waals surface area contributed by atoms with Gasteiger partial charge in [-0.2, -0.15) is 0 Å². The molecular weight excluding hydrogens is 486 g/mol. The van der Waals surface area contributed by atoms with E-state index >= 15 is 0 Å². The summed E-state index contributed by atoms with van der Waals surface area (Å²) in [5, 5.41) is 9.56. The Hall–Kier alpha value is -3.37. The molecule has 2 unspecified atom stereocenters. The lowest BCUT2D eigenvalue weighted by molar-refractivity contribution is 0.391. The van der Waals surface area contributed by atoms with Crippen molar-refractivity contribution in [2.45, 2.75) is 31.9 Å². The van der Waals surface area contributed by atoms with Crippen molar-refractivity contribution in [2.24, 2.45) is 0 Å². The highest BCUT2D eigenvalue weighted by molar-refractivity contribution is 8.01. The predicted molar refractivity (Wildman–Crippen MR) is 139 cm³/mol. The number of pyridine rings is 1. The van der Waals surface area contributed by atoms with Crippen LogP contribution in [0.3, 0.4) is 0 Å². The van der Waals surface area contributed by atoms with Crippen molar-refractivity contribution in [3.05, 3.63) is 65.5 Å². The molecule has 4 aromatic rings. The van der Waals surface area contributed by atoms with Gasteiger partial charge in [-0.15, -0.1) is 10.2 Å². The van der Waals surface area contributed by atoms with Crippen LogP contribution in [-0.4, -0.2) is 49.2 Å². The van der Waals surface area contributed by atoms with E-state index < -0.39 is 0 Å². The number of anilines is 1. The van der Waals surface area contributed by atoms with Gasteiger partial charge >= 0.3 is 0 Å². The van der Waals surface area contributed by atoms with E-state index in [9.17, 15) is 0 Å². The number of para-hydroxylation sites is 1. The van der Waals surface area contributed by atoms with Crippen LogP contribution in [0, 0.1) is 6.92 Å². The largest absolute Gasteiger partial charge is 0.494 e. The number of hydrogen-bond donors (Lipinski definition) is 1. The maximum Gasteiger partial charge on any atom is 0.239 e. The first-order valence-corrected chi connectivity index (χ1v) is 12.2. The molecule has 0 amide bonds. The van der Waals surface area contributed by atoms with Crippen LogP contribution in [-0.2, 0) is 0 Å². The molecule has 0 aliphatic rings. The number of nitrogens with zero attached hydrogens (tertiary/aromatic N) is 6. The van der Waals surface area contributed by atoms with Crippen molar-refractivity contribution in [3.8, 4) is 28.6 Å². The second-order valence-electron chi connectivity index (χ2n) is 7.92. The molecule has 1 aromatic carbocycles. The molecule has 182 valence electrons. The number of ether oxygens (including phenoxy) is 2. The summed E-state index contributed by atoms with van der Waals surface area (Å²) >= 11 is 7.44. The zero-order valence-corrected chi connectivity index (χ0v) is 21.6. The maximum absolute atomic E-state index is 5.94. The molecule has 0 radical (unpaired) electrons. The molecule has 4 rings (SSSR count). The average molecular weight is 512 g/mol. The molecule has 0 spiro atoms. The van der Waals surface area contributed by atoms with Crippen LogP contribution in [0.25, 0.3) is 17.1 Å². The molecule has 0 aliphatic heterocycles. The number of aryl methyl sites for hydroxylation is 1. The molecule has 3 aromatic heterocycles. The van der Waals surface area contributed by atoms with Crippen molar-refractivity contribution in [1.82, 2.24) is 29.7 Å². The second-order valence-corrected chi connectivity index (χ2v) is 9.54. The number of rotatable bonds is 9. The average Bonchev–Trinajstić information content (AvgIpc) is 3.30. The van der Waals surface area contributed by atoms with E-state index in [2.05, 4.69) is 43.7 Å². The molecular formula is C24H26ClN7O2S. The van der Waals surface area contributed by atoms with Gasteiger partial charge in [-0.25, -0.2) is 9.97 Å². The molecule has 0 fully saturated rings. The lowest BCUT2D eigenvalue weighted by atomic mass is 10.1. The minimum atomic E-state index is 0.0578. The van der Waals surface area contributed by atoms with Crippen molar-refractivity contribution < 1.29 is 9.47 Å². The SMILES string of the molecule is COc1cccc(OC)c1-n1c(NSC(C)C(C)c2ncc(Cl)cn2)nnc1-c1cncc(C)c1. The Labute approximate surface area is 213 Å². The van der Waals surface area contributed by atoms with Crippen LogP contribution in [0.2, 0.25) is 5.02 Å². The third kappa shape index (κ3) is 5.33. The molecule has 35 heavy (non-hydrogen) atoms. The Morgan fingerprint density at radius 1 is 1.00 bits per heavy atom. The lowest BCUT2D eigenvalue weighted by Crippen LogP contribution is -2.15. The summed E-state index contributed by atoms with van der Waals surface area (Å²) in [6.07, 6.45) is 6.77. The summed E-state index contributed by atoms with van der Waals surface area (Å²) < 4.78 is 16.6. The summed E-state index contributed by atoms with van der Waals surface area (Å²) in [6, 6.07) is 7.62. The summed E-state index contributed by atoms with van der Waals surface area (Å²) in [7, 11) is 3.24. The van der Waals surface area contributed by atoms with Gasteiger partial charge in [-0.1, -0.05) is 31.5 Å². The van der Waals surface area contributed by atoms with E-state index in [1.807, 2.05) is 35.8 Å². The van der Waals surface area contributed by atoms with Crippen LogP contribution >= 0.6 is 23.5 Å². The number of nitrogens with one attached hydrogen (secondary N) is 1. The van der Waals surface area contributed by atoms with Gasteiger partial charge in [-0.05, 0) is 42.6 Å². The highest BCUT2D eigenvalue weighted by atomic mass is 35.5. The van der Waals surface area contributed by atoms with Gasteiger partial charge in [0.2, 0.25) is 5.95 Å². The molecule has 0 bridgehead atoms. The maximum atomic E-state index is 5.94. The van der Waals surface area contributed by atoms with Crippen LogP contribution < -0.4 is 14.2 Å². The highest BCUT2D eigenvalue weighted by Gasteiger charge is 2.24. The number of aromatic nitrogens is 6. The quantitative estimate of drug-likeness (QED) is 0.298. The van der Waals surface area contributed by atoms with Crippen molar-refractivity contribution in [1.29, 1.82) is 0 Å². The van der Waals surface area contributed by atoms with Crippen LogP contribution in [0.5, 0.6) is 11.5 Å². The Bertz CT molecular complexity index is 1280. The van der Waals surface area contributed by atoms with Crippen molar-refractivity contribution >= 4 is 29.5 Å². The third-order valence-corrected chi connectivity index (χ3v) is 6.79. The van der Waals surface area contributed by atoms with E-state index in [0.29, 0.717) is 34.0 Å². The molecule has 0 aliphatic carbocycles. The van der Waals surface area contributed by atoms with E-state index in [1.165, 1.54) is 11.9 Å². The Morgan fingerprint density at radius 3 is 2.31 bits per heavy atom. The topological polar surface area (TPSA) is 99.9 Å². The summed E-state index contributed by atoms with van der Waals surface area (Å²) in [4.78, 5) is 13.1. The van der Waals surface area contributed by atoms with Gasteiger partial charge in [0.25, 0.3) is 0 Å². The first kappa shape index (κ1) is 24.7. The van der Waals surface area contributed by atoms with Crippen molar-refractivity contribution in [3.63, 3.8) is 0 Å². The van der Waals surface area contributed by atoms with E-state index in [0.717, 1.165) is 17.0 Å². The third-order valence-electron chi connectivity index (χ3n) is 5.51. The summed E-state index contributed by atoms with van der Waals surface area (Å²) in [5.74, 6) is 3.14. The molecule has 1 N–H and O–H groups in total. The first-order chi connectivity index (χ1) is 16.9. The van der Waals surface area contributed by atoms with Crippen LogP contribution in [0.15, 0.2) is 49.1 Å². The Balaban J connectivity index is 1.72. The highest BCUT2D eigenvalue weighted by Crippen LogP contribution is 2.38. The standard InChI is InChI=1S/C24H26ClN7O2S/c1-14-9-17(11-26-10-14)23-29-30-24(32(23)21-19(33-4)7-6-8-20(21)34-5)31-35-16(3)15(2)22-27-12-18(25)13-28-22/h6-13,15-16H,1-5H3,(H,30,31). The normalized spacial score (nSPS) is 12.7. The molecule has 2 atom stereocenters. The molecule has 11 heteroatoms. The molecule has 0 saturated heterocycles. The Morgan fingerprint density at radius 2 is 1.69 bits per heavy atom. The monoisotopic (exact) mass is 511 g/mol. The van der Waals surface area contributed by atoms with Crippen molar-refractivity contribution in [2.75, 3.05) is 18.9 Å². The van der Waals surface area contributed by atoms with Gasteiger partial charge in [0, 0.05) is 41.5 Å². The van der Waals surface area contributed by atoms with Gasteiger partial charge in [-0.3, -0.25) is 14.3 Å². The van der Waals surface area contributed by atoms with Crippen LogP contribution in [0.4, 0.5) is 5.95 Å². The van der Waals surface area contributed by atoms with Gasteiger partial charge in [0.15, 0.2) is 5.82 Å². The first-order valence-electron chi connectivity index (χ1n) is 10.9. The fourth-order valence-electron chi connectivity index (χ4n) is 3.49. The second kappa shape index (κ2) is 10.9.